The molecule has 5 nitrogen and oxygen atoms in total. The van der Waals surface area contributed by atoms with Crippen LogP contribution in [0.4, 0.5) is 0 Å². The lowest BCUT2D eigenvalue weighted by Gasteiger charge is -2.07. The molecule has 1 aromatic carbocycles. The van der Waals surface area contributed by atoms with Gasteiger partial charge in [0.05, 0.1) is 6.10 Å². The molecule has 1 aromatic heterocycles. The van der Waals surface area contributed by atoms with Crippen molar-refractivity contribution in [3.8, 4) is 5.75 Å². The number of rotatable bonds is 4. The molecule has 1 atom stereocenters. The molecule has 0 saturated heterocycles. The quantitative estimate of drug-likeness (QED) is 0.876. The lowest BCUT2D eigenvalue weighted by molar-refractivity contribution is 0.198. The first-order valence-corrected chi connectivity index (χ1v) is 5.35. The molecule has 5 heteroatoms. The number of hydrogen-bond donors (Lipinski definition) is 1. The Morgan fingerprint density at radius 3 is 2.88 bits per heavy atom. The first kappa shape index (κ1) is 11.6. The van der Waals surface area contributed by atoms with Gasteiger partial charge in [0, 0.05) is 6.92 Å². The van der Waals surface area contributed by atoms with E-state index in [2.05, 4.69) is 10.2 Å². The smallest absolute Gasteiger partial charge is 0.253 e. The summed E-state index contributed by atoms with van der Waals surface area (Å²) < 4.78 is 10.7. The van der Waals surface area contributed by atoms with Gasteiger partial charge in [-0.1, -0.05) is 12.1 Å². The molecule has 0 saturated carbocycles. The van der Waals surface area contributed by atoms with Crippen molar-refractivity contribution in [2.45, 2.75) is 26.6 Å². The van der Waals surface area contributed by atoms with Gasteiger partial charge in [-0.2, -0.15) is 0 Å². The molecule has 0 fully saturated rings. The summed E-state index contributed by atoms with van der Waals surface area (Å²) in [6.07, 6.45) is -0.510. The second-order valence-corrected chi connectivity index (χ2v) is 3.75. The monoisotopic (exact) mass is 234 g/mol. The van der Waals surface area contributed by atoms with Gasteiger partial charge in [0.1, 0.15) is 5.75 Å². The van der Waals surface area contributed by atoms with Crippen molar-refractivity contribution >= 4 is 0 Å². The fraction of sp³-hybridized carbons (Fsp3) is 0.333. The van der Waals surface area contributed by atoms with Crippen LogP contribution in [0.3, 0.4) is 0 Å². The number of nitrogens with zero attached hydrogens (tertiary/aromatic N) is 2. The predicted octanol–water partition coefficient (Wildman–Crippen LogP) is 2.01. The van der Waals surface area contributed by atoms with E-state index in [4.69, 9.17) is 9.15 Å². The second kappa shape index (κ2) is 4.97. The topological polar surface area (TPSA) is 68.4 Å². The molecule has 17 heavy (non-hydrogen) atoms. The van der Waals surface area contributed by atoms with Crippen molar-refractivity contribution in [1.82, 2.24) is 10.2 Å². The number of benzene rings is 1. The summed E-state index contributed by atoms with van der Waals surface area (Å²) in [5, 5.41) is 17.0. The van der Waals surface area contributed by atoms with Gasteiger partial charge < -0.3 is 14.3 Å². The van der Waals surface area contributed by atoms with Gasteiger partial charge in [0.25, 0.3) is 5.89 Å². The molecule has 0 radical (unpaired) electrons. The van der Waals surface area contributed by atoms with Crippen LogP contribution < -0.4 is 4.74 Å². The molecular formula is C12H14N2O3. The molecule has 0 amide bonds. The zero-order valence-corrected chi connectivity index (χ0v) is 9.75. The maximum atomic E-state index is 9.44. The maximum absolute atomic E-state index is 9.44. The highest BCUT2D eigenvalue weighted by Gasteiger charge is 2.05. The molecule has 1 heterocycles. The fourth-order valence-electron chi connectivity index (χ4n) is 1.41. The van der Waals surface area contributed by atoms with E-state index in [0.29, 0.717) is 17.5 Å². The van der Waals surface area contributed by atoms with Crippen LogP contribution >= 0.6 is 0 Å². The molecule has 2 aromatic rings. The Hall–Kier alpha value is -1.88. The van der Waals surface area contributed by atoms with E-state index in [9.17, 15) is 5.11 Å². The largest absolute Gasteiger partial charge is 0.484 e. The van der Waals surface area contributed by atoms with Crippen LogP contribution in [0.1, 0.15) is 30.4 Å². The van der Waals surface area contributed by atoms with Gasteiger partial charge in [0.15, 0.2) is 6.61 Å². The third-order valence-electron chi connectivity index (χ3n) is 2.27. The van der Waals surface area contributed by atoms with E-state index in [1.807, 2.05) is 18.2 Å². The van der Waals surface area contributed by atoms with Crippen LogP contribution in [-0.2, 0) is 6.61 Å². The van der Waals surface area contributed by atoms with Gasteiger partial charge in [-0.15, -0.1) is 10.2 Å². The highest BCUT2D eigenvalue weighted by Crippen LogP contribution is 2.19. The predicted molar refractivity (Wildman–Crippen MR) is 60.4 cm³/mol. The number of ether oxygens (including phenoxy) is 1. The minimum atomic E-state index is -0.510. The van der Waals surface area contributed by atoms with Crippen LogP contribution in [0.5, 0.6) is 5.75 Å². The Morgan fingerprint density at radius 1 is 1.41 bits per heavy atom. The Morgan fingerprint density at radius 2 is 2.24 bits per heavy atom. The van der Waals surface area contributed by atoms with Crippen LogP contribution in [-0.4, -0.2) is 15.3 Å². The van der Waals surface area contributed by atoms with Crippen LogP contribution in [0, 0.1) is 6.92 Å². The molecular weight excluding hydrogens is 220 g/mol. The van der Waals surface area contributed by atoms with Crippen molar-refractivity contribution in [2.75, 3.05) is 0 Å². The van der Waals surface area contributed by atoms with E-state index in [1.54, 1.807) is 19.9 Å². The number of aromatic nitrogens is 2. The van der Waals surface area contributed by atoms with E-state index in [0.717, 1.165) is 5.56 Å². The fourth-order valence-corrected chi connectivity index (χ4v) is 1.41. The lowest BCUT2D eigenvalue weighted by Crippen LogP contribution is -1.97. The molecule has 0 aliphatic rings. The normalized spacial score (nSPS) is 12.4. The Balaban J connectivity index is 2.01. The van der Waals surface area contributed by atoms with Crippen LogP contribution in [0.25, 0.3) is 0 Å². The zero-order chi connectivity index (χ0) is 12.3. The summed E-state index contributed by atoms with van der Waals surface area (Å²) >= 11 is 0. The highest BCUT2D eigenvalue weighted by molar-refractivity contribution is 5.29. The van der Waals surface area contributed by atoms with Crippen molar-refractivity contribution < 1.29 is 14.3 Å². The Bertz CT molecular complexity index is 494. The molecule has 0 unspecified atom stereocenters. The molecule has 2 rings (SSSR count). The third kappa shape index (κ3) is 3.04. The summed E-state index contributed by atoms with van der Waals surface area (Å²) in [6.45, 7) is 3.66. The summed E-state index contributed by atoms with van der Waals surface area (Å²) in [4.78, 5) is 0. The second-order valence-electron chi connectivity index (χ2n) is 3.75. The Kier molecular flexibility index (Phi) is 3.39. The molecule has 1 N–H and O–H groups in total. The third-order valence-corrected chi connectivity index (χ3v) is 2.27. The van der Waals surface area contributed by atoms with E-state index < -0.39 is 6.10 Å². The molecule has 0 bridgehead atoms. The first-order valence-electron chi connectivity index (χ1n) is 5.35. The number of aryl methyl sites for hydroxylation is 1. The summed E-state index contributed by atoms with van der Waals surface area (Å²) in [5.74, 6) is 1.62. The maximum Gasteiger partial charge on any atom is 0.253 e. The summed E-state index contributed by atoms with van der Waals surface area (Å²) in [7, 11) is 0. The minimum Gasteiger partial charge on any atom is -0.484 e. The molecule has 0 spiro atoms. The van der Waals surface area contributed by atoms with E-state index >= 15 is 0 Å². The van der Waals surface area contributed by atoms with Crippen molar-refractivity contribution in [1.29, 1.82) is 0 Å². The number of aliphatic hydroxyl groups excluding tert-OH is 1. The highest BCUT2D eigenvalue weighted by atomic mass is 16.5. The number of hydrogen-bond acceptors (Lipinski definition) is 5. The average Bonchev–Trinajstić information content (AvgIpc) is 2.73. The van der Waals surface area contributed by atoms with E-state index in [1.165, 1.54) is 0 Å². The van der Waals surface area contributed by atoms with Crippen molar-refractivity contribution in [3.63, 3.8) is 0 Å². The van der Waals surface area contributed by atoms with Crippen LogP contribution in [0.15, 0.2) is 28.7 Å². The van der Waals surface area contributed by atoms with Gasteiger partial charge in [0.2, 0.25) is 5.89 Å². The SMILES string of the molecule is Cc1nnc(COc2cccc([C@@H](C)O)c2)o1. The zero-order valence-electron chi connectivity index (χ0n) is 9.75. The van der Waals surface area contributed by atoms with Crippen LogP contribution in [0.2, 0.25) is 0 Å². The van der Waals surface area contributed by atoms with Crippen molar-refractivity contribution in [2.24, 2.45) is 0 Å². The molecule has 0 aliphatic heterocycles. The van der Waals surface area contributed by atoms with Crippen molar-refractivity contribution in [3.05, 3.63) is 41.6 Å². The standard InChI is InChI=1S/C12H14N2O3/c1-8(15)10-4-3-5-11(6-10)16-7-12-14-13-9(2)17-12/h3-6,8,15H,7H2,1-2H3/t8-/m1/s1. The summed E-state index contributed by atoms with van der Waals surface area (Å²) in [5.41, 5.74) is 0.809. The van der Waals surface area contributed by atoms with Gasteiger partial charge in [-0.25, -0.2) is 0 Å². The molecule has 0 aliphatic carbocycles. The van der Waals surface area contributed by atoms with Gasteiger partial charge >= 0.3 is 0 Å². The first-order chi connectivity index (χ1) is 8.15. The molecule has 90 valence electrons. The average molecular weight is 234 g/mol. The lowest BCUT2D eigenvalue weighted by atomic mass is 10.1. The van der Waals surface area contributed by atoms with Gasteiger partial charge in [-0.05, 0) is 24.6 Å². The number of aliphatic hydroxyl groups is 1. The minimum absolute atomic E-state index is 0.226. The Labute approximate surface area is 99.1 Å². The van der Waals surface area contributed by atoms with Gasteiger partial charge in [-0.3, -0.25) is 0 Å². The van der Waals surface area contributed by atoms with E-state index in [-0.39, 0.29) is 6.61 Å². The summed E-state index contributed by atoms with van der Waals surface area (Å²) in [6, 6.07) is 7.27.